The first-order valence-corrected chi connectivity index (χ1v) is 17.4. The summed E-state index contributed by atoms with van der Waals surface area (Å²) >= 11 is 1.87. The maximum absolute atomic E-state index is 4.64. The second-order valence-corrected chi connectivity index (χ2v) is 14.3. The lowest BCUT2D eigenvalue weighted by Crippen LogP contribution is -2.44. The Kier molecular flexibility index (Phi) is 8.28. The van der Waals surface area contributed by atoms with Crippen LogP contribution in [0.25, 0.3) is 22.3 Å². The molecule has 7 rings (SSSR count). The first-order valence-electron chi connectivity index (χ1n) is 14.8. The molecule has 6 heterocycles. The number of H-pyrrole nitrogens is 1. The lowest BCUT2D eigenvalue weighted by atomic mass is 10.0. The van der Waals surface area contributed by atoms with E-state index in [0.717, 1.165) is 83.7 Å². The van der Waals surface area contributed by atoms with E-state index in [1.54, 1.807) is 6.33 Å². The van der Waals surface area contributed by atoms with Crippen LogP contribution in [0.4, 0.5) is 11.5 Å². The summed E-state index contributed by atoms with van der Waals surface area (Å²) in [6, 6.07) is 15.8. The maximum atomic E-state index is 4.64. The number of rotatable bonds is 8. The van der Waals surface area contributed by atoms with E-state index in [1.807, 2.05) is 18.1 Å². The van der Waals surface area contributed by atoms with Crippen molar-refractivity contribution in [1.29, 1.82) is 0 Å². The molecule has 10 heteroatoms. The van der Waals surface area contributed by atoms with Gasteiger partial charge in [-0.05, 0) is 78.2 Å². The van der Waals surface area contributed by atoms with E-state index in [1.165, 1.54) is 24.9 Å². The van der Waals surface area contributed by atoms with E-state index in [4.69, 9.17) is 0 Å². The summed E-state index contributed by atoms with van der Waals surface area (Å²) in [7, 11) is 0.277. The first-order chi connectivity index (χ1) is 20.7. The fourth-order valence-electron chi connectivity index (χ4n) is 6.14. The summed E-state index contributed by atoms with van der Waals surface area (Å²) in [4.78, 5) is 22.3. The van der Waals surface area contributed by atoms with Crippen molar-refractivity contribution in [2.24, 2.45) is 0 Å². The van der Waals surface area contributed by atoms with Crippen molar-refractivity contribution in [2.45, 2.75) is 32.0 Å². The molecule has 1 atom stereocenters. The molecular weight excluding hydrogens is 561 g/mol. The zero-order valence-corrected chi connectivity index (χ0v) is 25.5. The van der Waals surface area contributed by atoms with E-state index in [0.29, 0.717) is 12.6 Å². The Morgan fingerprint density at radius 3 is 2.76 bits per heavy atom. The van der Waals surface area contributed by atoms with Crippen molar-refractivity contribution < 1.29 is 0 Å². The number of hydrogen-bond donors (Lipinski definition) is 2. The van der Waals surface area contributed by atoms with Crippen molar-refractivity contribution in [2.75, 3.05) is 54.4 Å². The van der Waals surface area contributed by atoms with Gasteiger partial charge in [-0.25, -0.2) is 14.3 Å². The molecule has 3 aliphatic rings. The van der Waals surface area contributed by atoms with Crippen molar-refractivity contribution >= 4 is 50.8 Å². The minimum Gasteiger partial charge on any atom is -0.379 e. The molecular formula is C32H38N8S2. The molecule has 0 saturated carbocycles. The largest absolute Gasteiger partial charge is 0.379 e. The molecule has 1 unspecified atom stereocenters. The summed E-state index contributed by atoms with van der Waals surface area (Å²) in [5.74, 6) is 7.54. The fourth-order valence-corrected chi connectivity index (χ4v) is 8.14. The van der Waals surface area contributed by atoms with Crippen molar-refractivity contribution in [3.63, 3.8) is 0 Å². The van der Waals surface area contributed by atoms with Crippen LogP contribution in [0, 0.1) is 0 Å². The summed E-state index contributed by atoms with van der Waals surface area (Å²) < 4.78 is 2.52. The van der Waals surface area contributed by atoms with Gasteiger partial charge in [0.2, 0.25) is 0 Å². The number of anilines is 2. The minimum atomic E-state index is 0.277. The lowest BCUT2D eigenvalue weighted by molar-refractivity contribution is 0.154. The third-order valence-corrected chi connectivity index (χ3v) is 11.0. The van der Waals surface area contributed by atoms with Crippen LogP contribution >= 0.6 is 22.4 Å². The molecule has 0 spiro atoms. The third-order valence-electron chi connectivity index (χ3n) is 8.43. The molecule has 8 nitrogen and oxygen atoms in total. The molecule has 2 N–H and O–H groups in total. The Morgan fingerprint density at radius 2 is 1.93 bits per heavy atom. The second-order valence-electron chi connectivity index (χ2n) is 11.3. The summed E-state index contributed by atoms with van der Waals surface area (Å²) in [5.41, 5.74) is 6.55. The number of pyridine rings is 1. The van der Waals surface area contributed by atoms with Gasteiger partial charge >= 0.3 is 0 Å². The zero-order chi connectivity index (χ0) is 28.3. The molecule has 2 saturated heterocycles. The highest BCUT2D eigenvalue weighted by molar-refractivity contribution is 8.14. The number of aromatic nitrogens is 4. The normalized spacial score (nSPS) is 20.5. The van der Waals surface area contributed by atoms with E-state index >= 15 is 0 Å². The van der Waals surface area contributed by atoms with Crippen LogP contribution in [-0.4, -0.2) is 85.3 Å². The number of benzene rings is 1. The van der Waals surface area contributed by atoms with Gasteiger partial charge in [-0.2, -0.15) is 10.5 Å². The monoisotopic (exact) mass is 598 g/mol. The number of nitrogens with zero attached hydrogens (tertiary/aromatic N) is 6. The lowest BCUT2D eigenvalue weighted by Gasteiger charge is -2.36. The summed E-state index contributed by atoms with van der Waals surface area (Å²) in [6.07, 6.45) is 8.44. The fraction of sp³-hybridized carbons (Fsp3) is 0.375. The van der Waals surface area contributed by atoms with E-state index in [2.05, 4.69) is 99.2 Å². The molecule has 42 heavy (non-hydrogen) atoms. The van der Waals surface area contributed by atoms with Gasteiger partial charge in [-0.3, -0.25) is 9.88 Å². The Hall–Kier alpha value is -3.18. The molecule has 0 radical (unpaired) electrons. The van der Waals surface area contributed by atoms with Gasteiger partial charge in [0.05, 0.1) is 17.6 Å². The highest BCUT2D eigenvalue weighted by Gasteiger charge is 2.26. The number of fused-ring (bicyclic) bond motifs is 1. The number of hydrogen-bond acceptors (Lipinski definition) is 8. The van der Waals surface area contributed by atoms with Gasteiger partial charge in [0.1, 0.15) is 17.8 Å². The van der Waals surface area contributed by atoms with Crippen molar-refractivity contribution in [1.82, 2.24) is 29.1 Å². The Labute approximate surface area is 254 Å². The molecule has 2 fully saturated rings. The molecule has 218 valence electrons. The summed E-state index contributed by atoms with van der Waals surface area (Å²) in [5, 5.41) is 6.86. The van der Waals surface area contributed by atoms with Crippen LogP contribution in [0.2, 0.25) is 0 Å². The van der Waals surface area contributed by atoms with Gasteiger partial charge in [0.25, 0.3) is 0 Å². The minimum absolute atomic E-state index is 0.277. The molecule has 1 aromatic carbocycles. The molecule has 0 bridgehead atoms. The standard InChI is InChI=1S/C32H38N8S2/c1-42-16-13-39(14-17-42)32-29-19-30(37-31(29)35-23-36-32)25-5-7-26(8-6-25)34-20-27-18-24(9-10-33-27)21-38-11-2-4-28(22-38)40-12-3-15-41-40/h3,5-10,15,18-19,23,28,34H,1-2,4,11-14,16-17,20-22H2,(H,35,36,37). The predicted octanol–water partition coefficient (Wildman–Crippen LogP) is 5.59. The van der Waals surface area contributed by atoms with Crippen LogP contribution in [0.5, 0.6) is 0 Å². The smallest absolute Gasteiger partial charge is 0.143 e. The first kappa shape index (κ1) is 27.6. The highest BCUT2D eigenvalue weighted by atomic mass is 32.2. The second kappa shape index (κ2) is 12.6. The number of piperidine rings is 1. The zero-order valence-electron chi connectivity index (χ0n) is 23.9. The van der Waals surface area contributed by atoms with Crippen molar-refractivity contribution in [3.05, 3.63) is 77.7 Å². The van der Waals surface area contributed by atoms with Crippen LogP contribution in [0.3, 0.4) is 0 Å². The highest BCUT2D eigenvalue weighted by Crippen LogP contribution is 2.31. The Balaban J connectivity index is 0.971. The number of nitrogens with one attached hydrogen (secondary N) is 2. The van der Waals surface area contributed by atoms with E-state index in [9.17, 15) is 0 Å². The molecule has 0 aliphatic carbocycles. The SMILES string of the molecule is C=S1CCN(c2ncnc3[nH]c(-c4ccc(NCc5cc(CN6CCCC(N7CC=CS7)C6)ccn5)cc4)cc23)CC1. The van der Waals surface area contributed by atoms with Crippen LogP contribution in [0.15, 0.2) is 66.5 Å². The number of likely N-dealkylation sites (tertiary alicyclic amines) is 1. The van der Waals surface area contributed by atoms with Gasteiger partial charge in [0, 0.05) is 67.8 Å². The van der Waals surface area contributed by atoms with Crippen LogP contribution in [-0.2, 0) is 13.1 Å². The van der Waals surface area contributed by atoms with Gasteiger partial charge in [0.15, 0.2) is 0 Å². The van der Waals surface area contributed by atoms with E-state index in [-0.39, 0.29) is 10.5 Å². The maximum Gasteiger partial charge on any atom is 0.143 e. The van der Waals surface area contributed by atoms with E-state index < -0.39 is 0 Å². The molecule has 4 aromatic rings. The number of aromatic amines is 1. The molecule has 3 aliphatic heterocycles. The Bertz CT molecular complexity index is 1570. The van der Waals surface area contributed by atoms with Gasteiger partial charge < -0.3 is 15.2 Å². The average molecular weight is 599 g/mol. The predicted molar refractivity (Wildman–Crippen MR) is 179 cm³/mol. The van der Waals surface area contributed by atoms with Gasteiger partial charge in [-0.15, -0.1) is 0 Å². The topological polar surface area (TPSA) is 76.2 Å². The van der Waals surface area contributed by atoms with Crippen molar-refractivity contribution in [3.8, 4) is 11.3 Å². The van der Waals surface area contributed by atoms with Crippen LogP contribution in [0.1, 0.15) is 24.1 Å². The third kappa shape index (κ3) is 6.27. The average Bonchev–Trinajstić information content (AvgIpc) is 3.72. The van der Waals surface area contributed by atoms with Gasteiger partial charge in [-0.1, -0.05) is 24.1 Å². The van der Waals surface area contributed by atoms with Crippen LogP contribution < -0.4 is 10.2 Å². The molecule has 3 aromatic heterocycles. The molecule has 0 amide bonds. The summed E-state index contributed by atoms with van der Waals surface area (Å²) in [6.45, 7) is 7.07. The Morgan fingerprint density at radius 1 is 1.05 bits per heavy atom. The quantitative estimate of drug-likeness (QED) is 0.201.